The van der Waals surface area contributed by atoms with Crippen molar-refractivity contribution < 1.29 is 14.3 Å². The van der Waals surface area contributed by atoms with Crippen molar-refractivity contribution in [2.45, 2.75) is 6.42 Å². The molecule has 2 aromatic carbocycles. The van der Waals surface area contributed by atoms with E-state index in [1.54, 1.807) is 35.4 Å². The van der Waals surface area contributed by atoms with Crippen LogP contribution in [0.25, 0.3) is 0 Å². The number of rotatable bonds is 10. The van der Waals surface area contributed by atoms with Gasteiger partial charge in [0.05, 0.1) is 24.7 Å². The van der Waals surface area contributed by atoms with E-state index in [-0.39, 0.29) is 6.03 Å². The molecule has 3 N–H and O–H groups in total. The van der Waals surface area contributed by atoms with Crippen LogP contribution in [0.3, 0.4) is 0 Å². The van der Waals surface area contributed by atoms with Gasteiger partial charge in [-0.1, -0.05) is 17.7 Å². The zero-order chi connectivity index (χ0) is 24.5. The molecule has 1 fully saturated rings. The Bertz CT molecular complexity index is 1160. The number of anilines is 2. The number of likely N-dealkylation sites (tertiary alicyclic amines) is 1. The molecule has 35 heavy (non-hydrogen) atoms. The van der Waals surface area contributed by atoms with Crippen molar-refractivity contribution in [1.82, 2.24) is 9.88 Å². The third-order valence-corrected chi connectivity index (χ3v) is 5.49. The first-order valence-electron chi connectivity index (χ1n) is 11.1. The van der Waals surface area contributed by atoms with Gasteiger partial charge in [-0.2, -0.15) is 5.10 Å². The Morgan fingerprint density at radius 3 is 2.69 bits per heavy atom. The quantitative estimate of drug-likeness (QED) is 0.255. The van der Waals surface area contributed by atoms with E-state index in [0.29, 0.717) is 53.6 Å². The smallest absolute Gasteiger partial charge is 0.321 e. The van der Waals surface area contributed by atoms with Crippen molar-refractivity contribution >= 4 is 41.6 Å². The van der Waals surface area contributed by atoms with Crippen LogP contribution in [0, 0.1) is 11.3 Å². The minimum Gasteiger partial charge on any atom is -0.493 e. The number of hydrogen-bond acceptors (Lipinski definition) is 7. The first-order valence-corrected chi connectivity index (χ1v) is 11.4. The van der Waals surface area contributed by atoms with Crippen LogP contribution in [0.15, 0.2) is 72.0 Å². The topological polar surface area (TPSA) is 112 Å². The molecule has 0 saturated carbocycles. The zero-order valence-corrected chi connectivity index (χ0v) is 19.6. The summed E-state index contributed by atoms with van der Waals surface area (Å²) in [5.41, 5.74) is 3.29. The molecule has 1 aromatic heterocycles. The lowest BCUT2D eigenvalue weighted by atomic mass is 9.97. The van der Waals surface area contributed by atoms with E-state index in [4.69, 9.17) is 26.5 Å². The lowest BCUT2D eigenvalue weighted by Crippen LogP contribution is -2.52. The molecular weight excluding hydrogens is 468 g/mol. The number of amides is 2. The van der Waals surface area contributed by atoms with Crippen molar-refractivity contribution in [3.63, 3.8) is 0 Å². The van der Waals surface area contributed by atoms with Gasteiger partial charge in [0.15, 0.2) is 0 Å². The molecule has 0 unspecified atom stereocenters. The third-order valence-electron chi connectivity index (χ3n) is 5.24. The fraction of sp³-hybridized carbons (Fsp3) is 0.200. The molecule has 1 aliphatic rings. The van der Waals surface area contributed by atoms with Gasteiger partial charge in [0, 0.05) is 30.4 Å². The summed E-state index contributed by atoms with van der Waals surface area (Å²) in [6, 6.07) is 18.0. The fourth-order valence-electron chi connectivity index (χ4n) is 3.41. The van der Waals surface area contributed by atoms with Gasteiger partial charge < -0.3 is 25.1 Å². The number of aromatic nitrogens is 1. The van der Waals surface area contributed by atoms with Crippen molar-refractivity contribution in [3.8, 4) is 17.2 Å². The van der Waals surface area contributed by atoms with E-state index < -0.39 is 0 Å². The number of hydrazone groups is 1. The van der Waals surface area contributed by atoms with Gasteiger partial charge in [-0.25, -0.2) is 9.78 Å². The van der Waals surface area contributed by atoms with Gasteiger partial charge in [-0.3, -0.25) is 5.43 Å². The second kappa shape index (κ2) is 11.8. The minimum atomic E-state index is -0.154. The van der Waals surface area contributed by atoms with Crippen molar-refractivity contribution in [3.05, 3.63) is 71.9 Å². The Labute approximate surface area is 208 Å². The molecule has 0 bridgehead atoms. The standard InChI is InChI=1S/C25H25ClN6O3/c26-19-4-7-21(8-5-19)35-23-3-1-2-22(14-23)34-13-10-18-16-32(17-18)25(33)30-20-6-9-24(28-15-20)31-29-12-11-27/h1-9,11-12,14-15,18,27H,10,13,16-17H2,(H,28,31)(H,30,33)/b27-11?,29-12-. The third kappa shape index (κ3) is 7.18. The summed E-state index contributed by atoms with van der Waals surface area (Å²) >= 11 is 5.91. The molecule has 0 aliphatic carbocycles. The van der Waals surface area contributed by atoms with E-state index in [9.17, 15) is 4.79 Å². The molecule has 2 amide bonds. The molecule has 0 atom stereocenters. The number of nitrogens with zero attached hydrogens (tertiary/aromatic N) is 3. The number of urea groups is 1. The minimum absolute atomic E-state index is 0.154. The van der Waals surface area contributed by atoms with Crippen LogP contribution in [0.4, 0.5) is 16.3 Å². The van der Waals surface area contributed by atoms with E-state index in [1.165, 1.54) is 6.21 Å². The van der Waals surface area contributed by atoms with Gasteiger partial charge in [-0.05, 0) is 60.9 Å². The number of carbonyl (C=O) groups excluding carboxylic acids is 1. The summed E-state index contributed by atoms with van der Waals surface area (Å²) in [7, 11) is 0. The number of carbonyl (C=O) groups is 1. The Morgan fingerprint density at radius 2 is 1.94 bits per heavy atom. The Balaban J connectivity index is 1.15. The normalized spacial score (nSPS) is 13.2. The van der Waals surface area contributed by atoms with Crippen LogP contribution in [0.1, 0.15) is 6.42 Å². The van der Waals surface area contributed by atoms with Gasteiger partial charge >= 0.3 is 6.03 Å². The largest absolute Gasteiger partial charge is 0.493 e. The zero-order valence-electron chi connectivity index (χ0n) is 18.9. The molecule has 0 radical (unpaired) electrons. The second-order valence-corrected chi connectivity index (χ2v) is 8.29. The summed E-state index contributed by atoms with van der Waals surface area (Å²) in [5, 5.41) is 14.2. The number of pyridine rings is 1. The summed E-state index contributed by atoms with van der Waals surface area (Å²) in [6.07, 6.45) is 4.77. The van der Waals surface area contributed by atoms with Gasteiger partial charge in [-0.15, -0.1) is 0 Å². The molecule has 4 rings (SSSR count). The Morgan fingerprint density at radius 1 is 1.14 bits per heavy atom. The average Bonchev–Trinajstić information content (AvgIpc) is 2.83. The van der Waals surface area contributed by atoms with Crippen LogP contribution in [-0.2, 0) is 0 Å². The molecular formula is C25H25ClN6O3. The van der Waals surface area contributed by atoms with E-state index in [1.807, 2.05) is 36.4 Å². The van der Waals surface area contributed by atoms with Gasteiger partial charge in [0.1, 0.15) is 23.1 Å². The molecule has 3 aromatic rings. The van der Waals surface area contributed by atoms with Crippen molar-refractivity contribution in [2.24, 2.45) is 11.0 Å². The van der Waals surface area contributed by atoms with Gasteiger partial charge in [0.25, 0.3) is 0 Å². The van der Waals surface area contributed by atoms with Crippen LogP contribution < -0.4 is 20.2 Å². The predicted octanol–water partition coefficient (Wildman–Crippen LogP) is 5.51. The Kier molecular flexibility index (Phi) is 8.13. The number of halogens is 1. The van der Waals surface area contributed by atoms with E-state index in [0.717, 1.165) is 18.4 Å². The molecule has 1 aliphatic heterocycles. The molecule has 2 heterocycles. The highest BCUT2D eigenvalue weighted by molar-refractivity contribution is 6.30. The average molecular weight is 493 g/mol. The molecule has 1 saturated heterocycles. The number of nitrogens with one attached hydrogen (secondary N) is 3. The maximum atomic E-state index is 12.4. The summed E-state index contributed by atoms with van der Waals surface area (Å²) in [5.74, 6) is 3.04. The molecule has 10 heteroatoms. The van der Waals surface area contributed by atoms with Crippen LogP contribution in [-0.4, -0.2) is 48.0 Å². The van der Waals surface area contributed by atoms with Crippen LogP contribution in [0.2, 0.25) is 5.02 Å². The van der Waals surface area contributed by atoms with Crippen molar-refractivity contribution in [2.75, 3.05) is 30.4 Å². The molecule has 9 nitrogen and oxygen atoms in total. The molecule has 0 spiro atoms. The van der Waals surface area contributed by atoms with Crippen molar-refractivity contribution in [1.29, 1.82) is 5.41 Å². The maximum Gasteiger partial charge on any atom is 0.321 e. The van der Waals surface area contributed by atoms with E-state index >= 15 is 0 Å². The highest BCUT2D eigenvalue weighted by Gasteiger charge is 2.30. The Hall–Kier alpha value is -4.11. The predicted molar refractivity (Wildman–Crippen MR) is 137 cm³/mol. The lowest BCUT2D eigenvalue weighted by molar-refractivity contribution is 0.113. The first-order chi connectivity index (χ1) is 17.1. The van der Waals surface area contributed by atoms with Gasteiger partial charge in [0.2, 0.25) is 0 Å². The van der Waals surface area contributed by atoms with Crippen LogP contribution >= 0.6 is 11.6 Å². The molecule has 180 valence electrons. The summed E-state index contributed by atoms with van der Waals surface area (Å²) in [6.45, 7) is 1.92. The summed E-state index contributed by atoms with van der Waals surface area (Å²) < 4.78 is 11.7. The fourth-order valence-corrected chi connectivity index (χ4v) is 3.53. The number of hydrogen-bond donors (Lipinski definition) is 3. The highest BCUT2D eigenvalue weighted by Crippen LogP contribution is 2.27. The maximum absolute atomic E-state index is 12.4. The monoisotopic (exact) mass is 492 g/mol. The second-order valence-electron chi connectivity index (χ2n) is 7.86. The lowest BCUT2D eigenvalue weighted by Gasteiger charge is -2.39. The van der Waals surface area contributed by atoms with Crippen LogP contribution in [0.5, 0.6) is 17.2 Å². The van der Waals surface area contributed by atoms with E-state index in [2.05, 4.69) is 20.8 Å². The highest BCUT2D eigenvalue weighted by atomic mass is 35.5. The first kappa shape index (κ1) is 24.0. The number of ether oxygens (including phenoxy) is 2. The number of benzene rings is 2. The SMILES string of the molecule is N=C/C=N\Nc1ccc(NC(=O)N2CC(CCOc3cccc(Oc4ccc(Cl)cc4)c3)C2)cn1. The summed E-state index contributed by atoms with van der Waals surface area (Å²) in [4.78, 5) is 18.3.